The van der Waals surface area contributed by atoms with Crippen LogP contribution < -0.4 is 0 Å². The lowest BCUT2D eigenvalue weighted by Crippen LogP contribution is -2.01. The summed E-state index contributed by atoms with van der Waals surface area (Å²) in [5, 5.41) is 12.2. The molecule has 13 rings (SSSR count). The third kappa shape index (κ3) is 5.35. The van der Waals surface area contributed by atoms with Gasteiger partial charge in [-0.1, -0.05) is 152 Å². The lowest BCUT2D eigenvalue weighted by Gasteiger charge is -2.17. The Balaban J connectivity index is 1.15. The molecule has 5 heteroatoms. The molecular weight excluding hydrogens is 773 g/mol. The van der Waals surface area contributed by atoms with Crippen LogP contribution in [-0.2, 0) is 0 Å². The minimum Gasteiger partial charge on any atom is -0.309 e. The van der Waals surface area contributed by atoms with Crippen LogP contribution >= 0.6 is 11.3 Å². The van der Waals surface area contributed by atoms with E-state index in [0.29, 0.717) is 17.5 Å². The molecule has 3 heterocycles. The highest BCUT2D eigenvalue weighted by atomic mass is 32.1. The van der Waals surface area contributed by atoms with Crippen LogP contribution in [0.4, 0.5) is 0 Å². The van der Waals surface area contributed by atoms with E-state index in [4.69, 9.17) is 15.0 Å². The molecule has 13 aromatic rings. The summed E-state index contributed by atoms with van der Waals surface area (Å²) in [7, 11) is 0. The van der Waals surface area contributed by atoms with Crippen molar-refractivity contribution in [3.8, 4) is 51.0 Å². The number of aromatic nitrogens is 4. The Morgan fingerprint density at radius 1 is 0.306 bits per heavy atom. The van der Waals surface area contributed by atoms with Crippen molar-refractivity contribution in [3.05, 3.63) is 206 Å². The first-order valence-corrected chi connectivity index (χ1v) is 21.8. The molecule has 0 spiro atoms. The molecule has 0 saturated carbocycles. The molecule has 0 unspecified atom stereocenters. The van der Waals surface area contributed by atoms with Gasteiger partial charge in [-0.15, -0.1) is 11.3 Å². The maximum atomic E-state index is 5.33. The van der Waals surface area contributed by atoms with Gasteiger partial charge < -0.3 is 4.57 Å². The number of para-hydroxylation sites is 1. The van der Waals surface area contributed by atoms with E-state index in [9.17, 15) is 0 Å². The fraction of sp³-hybridized carbons (Fsp3) is 0. The van der Waals surface area contributed by atoms with Crippen molar-refractivity contribution < 1.29 is 0 Å². The van der Waals surface area contributed by atoms with Gasteiger partial charge in [0, 0.05) is 58.7 Å². The Labute approximate surface area is 360 Å². The maximum absolute atomic E-state index is 5.33. The summed E-state index contributed by atoms with van der Waals surface area (Å²) in [6, 6.07) is 73.9. The number of nitrogens with zero attached hydrogens (tertiary/aromatic N) is 4. The first-order chi connectivity index (χ1) is 30.7. The Morgan fingerprint density at radius 2 is 0.839 bits per heavy atom. The topological polar surface area (TPSA) is 43.6 Å². The highest BCUT2D eigenvalue weighted by molar-refractivity contribution is 7.26. The summed E-state index contributed by atoms with van der Waals surface area (Å²) >= 11 is 1.86. The second-order valence-electron chi connectivity index (χ2n) is 15.9. The SMILES string of the molecule is c1ccc(-c2nc(-c3ccccc3)nc(-c3cc(-c4ccc5c(c4)c4c6c(ccc4n5-c4ccccc4)sc4ccccc46)cc4c5ccccc5c5ccccc5c34)n2)cc1. The molecule has 0 atom stereocenters. The Morgan fingerprint density at radius 3 is 1.53 bits per heavy atom. The summed E-state index contributed by atoms with van der Waals surface area (Å²) in [5.74, 6) is 1.92. The summed E-state index contributed by atoms with van der Waals surface area (Å²) in [6.07, 6.45) is 0. The van der Waals surface area contributed by atoms with Crippen molar-refractivity contribution >= 4 is 85.6 Å². The highest BCUT2D eigenvalue weighted by Crippen LogP contribution is 2.46. The van der Waals surface area contributed by atoms with E-state index in [2.05, 4.69) is 174 Å². The number of thiophene rings is 1. The largest absolute Gasteiger partial charge is 0.309 e. The molecule has 0 aliphatic carbocycles. The van der Waals surface area contributed by atoms with E-state index in [1.165, 1.54) is 63.5 Å². The fourth-order valence-corrected chi connectivity index (χ4v) is 10.8. The monoisotopic (exact) mass is 806 g/mol. The number of benzene rings is 10. The fourth-order valence-electron chi connectivity index (χ4n) is 9.67. The molecule has 10 aromatic carbocycles. The van der Waals surface area contributed by atoms with E-state index in [-0.39, 0.29) is 0 Å². The minimum atomic E-state index is 0.637. The van der Waals surface area contributed by atoms with Gasteiger partial charge in [-0.25, -0.2) is 15.0 Å². The second-order valence-corrected chi connectivity index (χ2v) is 17.0. The third-order valence-corrected chi connectivity index (χ3v) is 13.5. The average Bonchev–Trinajstić information content (AvgIpc) is 3.90. The first kappa shape index (κ1) is 34.8. The lowest BCUT2D eigenvalue weighted by atomic mass is 9.88. The van der Waals surface area contributed by atoms with E-state index in [1.807, 2.05) is 47.7 Å². The molecule has 288 valence electrons. The van der Waals surface area contributed by atoms with E-state index >= 15 is 0 Å². The predicted molar refractivity (Wildman–Crippen MR) is 261 cm³/mol. The minimum absolute atomic E-state index is 0.637. The van der Waals surface area contributed by atoms with Gasteiger partial charge in [-0.3, -0.25) is 0 Å². The summed E-state index contributed by atoms with van der Waals surface area (Å²) in [6.45, 7) is 0. The van der Waals surface area contributed by atoms with Gasteiger partial charge in [0.05, 0.1) is 11.0 Å². The van der Waals surface area contributed by atoms with E-state index in [0.717, 1.165) is 44.3 Å². The standard InChI is InChI=1S/C57H34N4S/c1-4-16-35(17-5-1)55-58-56(36-18-6-2-7-19-36)60-57(59-55)47-34-38(33-45-42-24-11-10-22-40(42)41-23-12-13-25-43(41)52(45)47)37-28-29-48-46(32-37)53-49(61(48)39-20-8-3-9-21-39)30-31-51-54(53)44-26-14-15-27-50(44)62-51/h1-34H. The zero-order valence-electron chi connectivity index (χ0n) is 33.3. The zero-order chi connectivity index (χ0) is 40.7. The molecule has 0 radical (unpaired) electrons. The normalized spacial score (nSPS) is 11.9. The molecule has 0 amide bonds. The van der Waals surface area contributed by atoms with E-state index in [1.54, 1.807) is 0 Å². The number of hydrogen-bond donors (Lipinski definition) is 0. The number of fused-ring (bicyclic) bond motifs is 13. The molecule has 4 nitrogen and oxygen atoms in total. The summed E-state index contributed by atoms with van der Waals surface area (Å²) in [5.41, 5.74) is 8.59. The van der Waals surface area contributed by atoms with Gasteiger partial charge in [0.15, 0.2) is 17.5 Å². The molecule has 0 N–H and O–H groups in total. The van der Waals surface area contributed by atoms with Crippen LogP contribution in [0.25, 0.3) is 125 Å². The van der Waals surface area contributed by atoms with Gasteiger partial charge in [0.25, 0.3) is 0 Å². The molecule has 0 fully saturated rings. The molecule has 62 heavy (non-hydrogen) atoms. The maximum Gasteiger partial charge on any atom is 0.164 e. The molecule has 0 aliphatic heterocycles. The van der Waals surface area contributed by atoms with E-state index < -0.39 is 0 Å². The smallest absolute Gasteiger partial charge is 0.164 e. The van der Waals surface area contributed by atoms with Crippen LogP contribution in [0.5, 0.6) is 0 Å². The molecular formula is C57H34N4S. The number of rotatable bonds is 5. The Bertz CT molecular complexity index is 3850. The number of hydrogen-bond acceptors (Lipinski definition) is 4. The van der Waals surface area contributed by atoms with Crippen LogP contribution in [0.2, 0.25) is 0 Å². The lowest BCUT2D eigenvalue weighted by molar-refractivity contribution is 1.08. The van der Waals surface area contributed by atoms with Crippen LogP contribution in [0, 0.1) is 0 Å². The Kier molecular flexibility index (Phi) is 7.74. The van der Waals surface area contributed by atoms with Crippen LogP contribution in [0.3, 0.4) is 0 Å². The molecule has 3 aromatic heterocycles. The summed E-state index contributed by atoms with van der Waals surface area (Å²) in [4.78, 5) is 15.7. The van der Waals surface area contributed by atoms with Crippen molar-refractivity contribution in [1.29, 1.82) is 0 Å². The van der Waals surface area contributed by atoms with Crippen molar-refractivity contribution in [2.75, 3.05) is 0 Å². The van der Waals surface area contributed by atoms with Gasteiger partial charge in [-0.2, -0.15) is 0 Å². The third-order valence-electron chi connectivity index (χ3n) is 12.4. The van der Waals surface area contributed by atoms with Gasteiger partial charge >= 0.3 is 0 Å². The zero-order valence-corrected chi connectivity index (χ0v) is 34.1. The average molecular weight is 807 g/mol. The van der Waals surface area contributed by atoms with Gasteiger partial charge in [0.1, 0.15) is 0 Å². The van der Waals surface area contributed by atoms with Gasteiger partial charge in [-0.05, 0) is 92.7 Å². The predicted octanol–water partition coefficient (Wildman–Crippen LogP) is 15.5. The van der Waals surface area contributed by atoms with Crippen LogP contribution in [-0.4, -0.2) is 19.5 Å². The second kappa shape index (κ2) is 13.8. The molecule has 0 aliphatic rings. The van der Waals surface area contributed by atoms with Crippen LogP contribution in [0.1, 0.15) is 0 Å². The first-order valence-electron chi connectivity index (χ1n) is 20.9. The highest BCUT2D eigenvalue weighted by Gasteiger charge is 2.22. The van der Waals surface area contributed by atoms with Crippen molar-refractivity contribution in [2.24, 2.45) is 0 Å². The Hall–Kier alpha value is -7.99. The van der Waals surface area contributed by atoms with Crippen molar-refractivity contribution in [2.45, 2.75) is 0 Å². The quantitative estimate of drug-likeness (QED) is 0.163. The summed E-state index contributed by atoms with van der Waals surface area (Å²) < 4.78 is 5.01. The van der Waals surface area contributed by atoms with Crippen molar-refractivity contribution in [1.82, 2.24) is 19.5 Å². The van der Waals surface area contributed by atoms with Crippen LogP contribution in [0.15, 0.2) is 206 Å². The molecule has 0 saturated heterocycles. The van der Waals surface area contributed by atoms with Crippen molar-refractivity contribution in [3.63, 3.8) is 0 Å². The van der Waals surface area contributed by atoms with Gasteiger partial charge in [0.2, 0.25) is 0 Å². The molecule has 0 bridgehead atoms.